The van der Waals surface area contributed by atoms with E-state index in [0.717, 1.165) is 19.3 Å². The van der Waals surface area contributed by atoms with E-state index in [1.165, 1.54) is 5.56 Å². The lowest BCUT2D eigenvalue weighted by Crippen LogP contribution is -2.48. The summed E-state index contributed by atoms with van der Waals surface area (Å²) in [6, 6.07) is 10.1. The van der Waals surface area contributed by atoms with Crippen molar-refractivity contribution in [3.05, 3.63) is 35.9 Å². The van der Waals surface area contributed by atoms with E-state index in [1.807, 2.05) is 28.0 Å². The summed E-state index contributed by atoms with van der Waals surface area (Å²) in [6.45, 7) is 3.76. The largest absolute Gasteiger partial charge is 0.343 e. The van der Waals surface area contributed by atoms with Crippen LogP contribution in [-0.2, 0) is 20.8 Å². The number of likely N-dealkylation sites (tertiary alicyclic amines) is 1. The highest BCUT2D eigenvalue weighted by atomic mass is 16.2. The molecule has 2 aliphatic heterocycles. The Hall–Kier alpha value is -2.37. The Labute approximate surface area is 154 Å². The Morgan fingerprint density at radius 1 is 1.12 bits per heavy atom. The number of piperidine rings is 1. The lowest BCUT2D eigenvalue weighted by molar-refractivity contribution is -0.143. The highest BCUT2D eigenvalue weighted by Crippen LogP contribution is 2.21. The van der Waals surface area contributed by atoms with Gasteiger partial charge in [0.05, 0.1) is 5.92 Å². The maximum absolute atomic E-state index is 12.9. The third kappa shape index (κ3) is 4.62. The first-order chi connectivity index (χ1) is 12.7. The molecule has 3 amide bonds. The molecule has 6 heteroatoms. The molecule has 0 spiro atoms. The van der Waals surface area contributed by atoms with Crippen molar-refractivity contribution < 1.29 is 14.4 Å². The predicted octanol–water partition coefficient (Wildman–Crippen LogP) is 1.16. The van der Waals surface area contributed by atoms with Gasteiger partial charge in [0.2, 0.25) is 18.2 Å². The summed E-state index contributed by atoms with van der Waals surface area (Å²) < 4.78 is 0. The highest BCUT2D eigenvalue weighted by Gasteiger charge is 2.33. The van der Waals surface area contributed by atoms with Crippen LogP contribution in [0.2, 0.25) is 0 Å². The molecule has 1 unspecified atom stereocenters. The van der Waals surface area contributed by atoms with Gasteiger partial charge in [-0.05, 0) is 24.8 Å². The quantitative estimate of drug-likeness (QED) is 0.743. The summed E-state index contributed by atoms with van der Waals surface area (Å²) in [5.74, 6) is 0.161. The van der Waals surface area contributed by atoms with Gasteiger partial charge in [-0.15, -0.1) is 0 Å². The van der Waals surface area contributed by atoms with Crippen LogP contribution in [0.15, 0.2) is 30.3 Å². The van der Waals surface area contributed by atoms with E-state index in [2.05, 4.69) is 12.1 Å². The van der Waals surface area contributed by atoms with Gasteiger partial charge in [0.1, 0.15) is 0 Å². The van der Waals surface area contributed by atoms with Crippen LogP contribution in [0.1, 0.15) is 24.8 Å². The normalized spacial score (nSPS) is 21.5. The first kappa shape index (κ1) is 18.4. The molecule has 1 atom stereocenters. The average molecular weight is 357 g/mol. The maximum atomic E-state index is 12.9. The van der Waals surface area contributed by atoms with E-state index >= 15 is 0 Å². The Morgan fingerprint density at radius 3 is 2.69 bits per heavy atom. The van der Waals surface area contributed by atoms with Gasteiger partial charge in [0.25, 0.3) is 0 Å². The number of amides is 3. The predicted molar refractivity (Wildman–Crippen MR) is 98.3 cm³/mol. The summed E-state index contributed by atoms with van der Waals surface area (Å²) in [4.78, 5) is 41.5. The summed E-state index contributed by atoms with van der Waals surface area (Å²) in [6.07, 6.45) is 3.56. The second kappa shape index (κ2) is 8.83. The van der Waals surface area contributed by atoms with E-state index < -0.39 is 0 Å². The summed E-state index contributed by atoms with van der Waals surface area (Å²) >= 11 is 0. The van der Waals surface area contributed by atoms with Crippen molar-refractivity contribution in [3.63, 3.8) is 0 Å². The Bertz CT molecular complexity index is 634. The van der Waals surface area contributed by atoms with E-state index in [9.17, 15) is 14.4 Å². The third-order valence-electron chi connectivity index (χ3n) is 5.35. The van der Waals surface area contributed by atoms with E-state index in [-0.39, 0.29) is 17.7 Å². The molecule has 2 fully saturated rings. The molecular weight excluding hydrogens is 330 g/mol. The standard InChI is InChI=1S/C20H27N3O3/c24-16-21-10-4-11-22(14-13-21)20(26)18-7-8-19(25)23(15-18)12-9-17-5-2-1-3-6-17/h1-3,5-6,16,18H,4,7-15H2. The number of hydrogen-bond donors (Lipinski definition) is 0. The fourth-order valence-electron chi connectivity index (χ4n) is 3.76. The average Bonchev–Trinajstić information content (AvgIpc) is 2.93. The number of carbonyl (C=O) groups excluding carboxylic acids is 3. The van der Waals surface area contributed by atoms with Gasteiger partial charge in [-0.2, -0.15) is 0 Å². The molecule has 0 aliphatic carbocycles. The number of carbonyl (C=O) groups is 3. The Kier molecular flexibility index (Phi) is 6.26. The van der Waals surface area contributed by atoms with Crippen LogP contribution in [0.4, 0.5) is 0 Å². The first-order valence-corrected chi connectivity index (χ1v) is 9.47. The minimum Gasteiger partial charge on any atom is -0.343 e. The smallest absolute Gasteiger partial charge is 0.227 e. The van der Waals surface area contributed by atoms with Crippen molar-refractivity contribution in [1.29, 1.82) is 0 Å². The molecular formula is C20H27N3O3. The van der Waals surface area contributed by atoms with Gasteiger partial charge in [0, 0.05) is 45.7 Å². The number of hydrogen-bond acceptors (Lipinski definition) is 3. The molecule has 6 nitrogen and oxygen atoms in total. The van der Waals surface area contributed by atoms with Crippen LogP contribution in [0.5, 0.6) is 0 Å². The number of nitrogens with zero attached hydrogens (tertiary/aromatic N) is 3. The monoisotopic (exact) mass is 357 g/mol. The molecule has 1 aromatic carbocycles. The zero-order valence-corrected chi connectivity index (χ0v) is 15.2. The zero-order chi connectivity index (χ0) is 18.4. The van der Waals surface area contributed by atoms with Gasteiger partial charge >= 0.3 is 0 Å². The molecule has 1 aromatic rings. The maximum Gasteiger partial charge on any atom is 0.227 e. The van der Waals surface area contributed by atoms with E-state index in [0.29, 0.717) is 52.1 Å². The van der Waals surface area contributed by atoms with Crippen molar-refractivity contribution in [2.45, 2.75) is 25.7 Å². The molecule has 2 saturated heterocycles. The van der Waals surface area contributed by atoms with Crippen molar-refractivity contribution in [1.82, 2.24) is 14.7 Å². The minimum absolute atomic E-state index is 0.119. The van der Waals surface area contributed by atoms with Crippen LogP contribution in [-0.4, -0.2) is 72.2 Å². The molecule has 0 aromatic heterocycles. The fourth-order valence-corrected chi connectivity index (χ4v) is 3.76. The number of rotatable bonds is 5. The molecule has 2 aliphatic rings. The SMILES string of the molecule is O=CN1CCCN(C(=O)C2CCC(=O)N(CCc3ccccc3)C2)CC1. The first-order valence-electron chi connectivity index (χ1n) is 9.47. The molecule has 0 N–H and O–H groups in total. The van der Waals surface area contributed by atoms with Crippen LogP contribution in [0.25, 0.3) is 0 Å². The molecule has 26 heavy (non-hydrogen) atoms. The highest BCUT2D eigenvalue weighted by molar-refractivity contribution is 5.84. The van der Waals surface area contributed by atoms with E-state index in [4.69, 9.17) is 0 Å². The summed E-state index contributed by atoms with van der Waals surface area (Å²) in [5.41, 5.74) is 1.20. The number of benzene rings is 1. The van der Waals surface area contributed by atoms with Crippen molar-refractivity contribution in [2.24, 2.45) is 5.92 Å². The van der Waals surface area contributed by atoms with Gasteiger partial charge < -0.3 is 14.7 Å². The van der Waals surface area contributed by atoms with E-state index in [1.54, 1.807) is 4.90 Å². The van der Waals surface area contributed by atoms with Crippen LogP contribution >= 0.6 is 0 Å². The summed E-state index contributed by atoms with van der Waals surface area (Å²) in [7, 11) is 0. The molecule has 2 heterocycles. The topological polar surface area (TPSA) is 60.9 Å². The van der Waals surface area contributed by atoms with Crippen LogP contribution in [0, 0.1) is 5.92 Å². The van der Waals surface area contributed by atoms with Gasteiger partial charge in [-0.3, -0.25) is 14.4 Å². The third-order valence-corrected chi connectivity index (χ3v) is 5.35. The molecule has 3 rings (SSSR count). The van der Waals surface area contributed by atoms with Crippen molar-refractivity contribution in [2.75, 3.05) is 39.3 Å². The minimum atomic E-state index is -0.119. The van der Waals surface area contributed by atoms with Crippen molar-refractivity contribution in [3.8, 4) is 0 Å². The van der Waals surface area contributed by atoms with Crippen LogP contribution < -0.4 is 0 Å². The molecule has 0 radical (unpaired) electrons. The zero-order valence-electron chi connectivity index (χ0n) is 15.2. The van der Waals surface area contributed by atoms with Gasteiger partial charge in [-0.25, -0.2) is 0 Å². The molecule has 0 saturated carbocycles. The molecule has 140 valence electrons. The van der Waals surface area contributed by atoms with Gasteiger partial charge in [0.15, 0.2) is 0 Å². The molecule has 0 bridgehead atoms. The fraction of sp³-hybridized carbons (Fsp3) is 0.550. The second-order valence-corrected chi connectivity index (χ2v) is 7.13. The van der Waals surface area contributed by atoms with Crippen LogP contribution in [0.3, 0.4) is 0 Å². The lowest BCUT2D eigenvalue weighted by atomic mass is 9.95. The van der Waals surface area contributed by atoms with Crippen molar-refractivity contribution >= 4 is 18.2 Å². The Balaban J connectivity index is 1.55. The Morgan fingerprint density at radius 2 is 1.92 bits per heavy atom. The lowest BCUT2D eigenvalue weighted by Gasteiger charge is -2.34. The summed E-state index contributed by atoms with van der Waals surface area (Å²) in [5, 5.41) is 0. The van der Waals surface area contributed by atoms with Gasteiger partial charge in [-0.1, -0.05) is 30.3 Å². The second-order valence-electron chi connectivity index (χ2n) is 7.13.